The average Bonchev–Trinajstić information content (AvgIpc) is 3.07. The summed E-state index contributed by atoms with van der Waals surface area (Å²) in [7, 11) is 0. The molecule has 0 radical (unpaired) electrons. The molecule has 1 heterocycles. The van der Waals surface area contributed by atoms with Crippen LogP contribution in [0.15, 0.2) is 52.9 Å². The summed E-state index contributed by atoms with van der Waals surface area (Å²) >= 11 is 9.07. The maximum Gasteiger partial charge on any atom is 0.249 e. The van der Waals surface area contributed by atoms with E-state index in [1.165, 1.54) is 11.3 Å². The third-order valence-corrected chi connectivity index (χ3v) is 6.16. The molecule has 3 rings (SSSR count). The van der Waals surface area contributed by atoms with E-state index in [2.05, 4.69) is 27.7 Å². The summed E-state index contributed by atoms with van der Waals surface area (Å²) < 4.78 is 0.802. The van der Waals surface area contributed by atoms with E-state index in [1.807, 2.05) is 30.3 Å². The summed E-state index contributed by atoms with van der Waals surface area (Å²) in [5.41, 5.74) is 1.06. The van der Waals surface area contributed by atoms with Gasteiger partial charge in [0.1, 0.15) is 0 Å². The molecule has 130 valence electrons. The van der Waals surface area contributed by atoms with Gasteiger partial charge >= 0.3 is 0 Å². The van der Waals surface area contributed by atoms with Crippen molar-refractivity contribution in [3.8, 4) is 0 Å². The SMILES string of the molecule is O=C(/C=C/C1CC=CCC1)Nc1nnc(SCc2ccccc2Cl)s1. The molecular weight excluding hydrogens is 374 g/mol. The van der Waals surface area contributed by atoms with Gasteiger partial charge in [-0.2, -0.15) is 0 Å². The molecule has 0 fully saturated rings. The van der Waals surface area contributed by atoms with Crippen molar-refractivity contribution in [2.75, 3.05) is 5.32 Å². The molecule has 1 atom stereocenters. The summed E-state index contributed by atoms with van der Waals surface area (Å²) in [5, 5.41) is 12.2. The van der Waals surface area contributed by atoms with Gasteiger partial charge in [-0.1, -0.05) is 71.1 Å². The van der Waals surface area contributed by atoms with E-state index in [0.717, 1.165) is 39.9 Å². The Kier molecular flexibility index (Phi) is 6.67. The van der Waals surface area contributed by atoms with Crippen molar-refractivity contribution in [2.24, 2.45) is 5.92 Å². The van der Waals surface area contributed by atoms with Crippen molar-refractivity contribution >= 4 is 45.7 Å². The second kappa shape index (κ2) is 9.17. The molecule has 4 nitrogen and oxygen atoms in total. The van der Waals surface area contributed by atoms with Crippen LogP contribution < -0.4 is 5.32 Å². The number of hydrogen-bond donors (Lipinski definition) is 1. The smallest absolute Gasteiger partial charge is 0.249 e. The van der Waals surface area contributed by atoms with Crippen LogP contribution in [0, 0.1) is 5.92 Å². The number of carbonyl (C=O) groups is 1. The van der Waals surface area contributed by atoms with E-state index >= 15 is 0 Å². The van der Waals surface area contributed by atoms with Gasteiger partial charge in [0.15, 0.2) is 4.34 Å². The molecule has 0 bridgehead atoms. The fourth-order valence-electron chi connectivity index (χ4n) is 2.44. The second-order valence-corrected chi connectivity index (χ2v) is 8.25. The number of allylic oxidation sites excluding steroid dienone is 3. The summed E-state index contributed by atoms with van der Waals surface area (Å²) in [4.78, 5) is 12.0. The van der Waals surface area contributed by atoms with Crippen LogP contribution in [0.5, 0.6) is 0 Å². The zero-order valence-electron chi connectivity index (χ0n) is 13.5. The lowest BCUT2D eigenvalue weighted by Gasteiger charge is -2.12. The maximum absolute atomic E-state index is 12.0. The van der Waals surface area contributed by atoms with Gasteiger partial charge < -0.3 is 0 Å². The zero-order valence-corrected chi connectivity index (χ0v) is 15.9. The molecule has 1 aromatic heterocycles. The second-order valence-electron chi connectivity index (χ2n) is 5.65. The first-order chi connectivity index (χ1) is 12.2. The van der Waals surface area contributed by atoms with E-state index in [0.29, 0.717) is 11.0 Å². The van der Waals surface area contributed by atoms with Crippen LogP contribution in [0.4, 0.5) is 5.13 Å². The zero-order chi connectivity index (χ0) is 17.5. The number of aromatic nitrogens is 2. The summed E-state index contributed by atoms with van der Waals surface area (Å²) in [6, 6.07) is 7.73. The van der Waals surface area contributed by atoms with Crippen molar-refractivity contribution in [3.63, 3.8) is 0 Å². The fraction of sp³-hybridized carbons (Fsp3) is 0.278. The van der Waals surface area contributed by atoms with Gasteiger partial charge in [0.2, 0.25) is 11.0 Å². The van der Waals surface area contributed by atoms with Gasteiger partial charge in [0, 0.05) is 10.8 Å². The van der Waals surface area contributed by atoms with Gasteiger partial charge in [-0.15, -0.1) is 10.2 Å². The Hall–Kier alpha value is -1.63. The van der Waals surface area contributed by atoms with Crippen molar-refractivity contribution in [2.45, 2.75) is 29.4 Å². The van der Waals surface area contributed by atoms with E-state index in [-0.39, 0.29) is 5.91 Å². The number of nitrogens with zero attached hydrogens (tertiary/aromatic N) is 2. The summed E-state index contributed by atoms with van der Waals surface area (Å²) in [6.07, 6.45) is 11.1. The number of halogens is 1. The predicted octanol–water partition coefficient (Wildman–Crippen LogP) is 5.33. The van der Waals surface area contributed by atoms with Crippen LogP contribution in [-0.4, -0.2) is 16.1 Å². The molecule has 0 spiro atoms. The van der Waals surface area contributed by atoms with Crippen molar-refractivity contribution in [1.29, 1.82) is 0 Å². The van der Waals surface area contributed by atoms with Gasteiger partial charge in [-0.3, -0.25) is 10.1 Å². The number of rotatable bonds is 6. The van der Waals surface area contributed by atoms with E-state index in [9.17, 15) is 4.79 Å². The van der Waals surface area contributed by atoms with Gasteiger partial charge in [-0.05, 0) is 42.9 Å². The number of carbonyl (C=O) groups excluding carboxylic acids is 1. The molecule has 1 aliphatic rings. The topological polar surface area (TPSA) is 54.9 Å². The monoisotopic (exact) mass is 391 g/mol. The van der Waals surface area contributed by atoms with Crippen LogP contribution in [0.25, 0.3) is 0 Å². The van der Waals surface area contributed by atoms with Crippen molar-refractivity contribution in [1.82, 2.24) is 10.2 Å². The number of amides is 1. The highest BCUT2D eigenvalue weighted by atomic mass is 35.5. The first-order valence-corrected chi connectivity index (χ1v) is 10.2. The molecule has 25 heavy (non-hydrogen) atoms. The first-order valence-electron chi connectivity index (χ1n) is 8.04. The number of thioether (sulfide) groups is 1. The molecule has 2 aromatic rings. The highest BCUT2D eigenvalue weighted by molar-refractivity contribution is 8.00. The summed E-state index contributed by atoms with van der Waals surface area (Å²) in [5.74, 6) is 1.01. The Labute approximate surface area is 160 Å². The van der Waals surface area contributed by atoms with Crippen LogP contribution in [0.3, 0.4) is 0 Å². The van der Waals surface area contributed by atoms with Crippen molar-refractivity contribution in [3.05, 3.63) is 59.2 Å². The van der Waals surface area contributed by atoms with Crippen LogP contribution in [-0.2, 0) is 10.5 Å². The Morgan fingerprint density at radius 2 is 2.24 bits per heavy atom. The Morgan fingerprint density at radius 3 is 3.04 bits per heavy atom. The Bertz CT molecular complexity index is 788. The lowest BCUT2D eigenvalue weighted by atomic mass is 9.94. The molecule has 1 unspecified atom stereocenters. The number of benzene rings is 1. The average molecular weight is 392 g/mol. The molecule has 1 amide bonds. The fourth-order valence-corrected chi connectivity index (χ4v) is 4.48. The molecule has 7 heteroatoms. The summed E-state index contributed by atoms with van der Waals surface area (Å²) in [6.45, 7) is 0. The van der Waals surface area contributed by atoms with Crippen LogP contribution in [0.2, 0.25) is 5.02 Å². The van der Waals surface area contributed by atoms with E-state index in [1.54, 1.807) is 17.8 Å². The normalized spacial score (nSPS) is 17.1. The Balaban J connectivity index is 1.49. The lowest BCUT2D eigenvalue weighted by Crippen LogP contribution is -2.09. The van der Waals surface area contributed by atoms with E-state index in [4.69, 9.17) is 11.6 Å². The largest absolute Gasteiger partial charge is 0.297 e. The molecule has 0 saturated carbocycles. The highest BCUT2D eigenvalue weighted by Gasteiger charge is 2.10. The minimum atomic E-state index is -0.159. The number of anilines is 1. The lowest BCUT2D eigenvalue weighted by molar-refractivity contribution is -0.111. The molecule has 1 aliphatic carbocycles. The van der Waals surface area contributed by atoms with Crippen LogP contribution in [0.1, 0.15) is 24.8 Å². The predicted molar refractivity (Wildman–Crippen MR) is 105 cm³/mol. The third kappa shape index (κ3) is 5.70. The molecule has 1 N–H and O–H groups in total. The third-order valence-electron chi connectivity index (χ3n) is 3.77. The molecular formula is C18H18ClN3OS2. The molecule has 0 saturated heterocycles. The van der Waals surface area contributed by atoms with Crippen molar-refractivity contribution < 1.29 is 4.79 Å². The standard InChI is InChI=1S/C18H18ClN3OS2/c19-15-9-5-4-8-14(15)12-24-18-22-21-17(25-18)20-16(23)11-10-13-6-2-1-3-7-13/h1-2,4-5,8-11,13H,3,6-7,12H2,(H,20,21,23)/b11-10+. The van der Waals surface area contributed by atoms with Crippen LogP contribution >= 0.6 is 34.7 Å². The van der Waals surface area contributed by atoms with Gasteiger partial charge in [0.25, 0.3) is 0 Å². The quantitative estimate of drug-likeness (QED) is 0.312. The number of nitrogens with one attached hydrogen (secondary N) is 1. The number of hydrogen-bond acceptors (Lipinski definition) is 5. The minimum absolute atomic E-state index is 0.159. The molecule has 0 aliphatic heterocycles. The molecule has 1 aromatic carbocycles. The maximum atomic E-state index is 12.0. The highest BCUT2D eigenvalue weighted by Crippen LogP contribution is 2.30. The minimum Gasteiger partial charge on any atom is -0.297 e. The van der Waals surface area contributed by atoms with Gasteiger partial charge in [0.05, 0.1) is 0 Å². The Morgan fingerprint density at radius 1 is 1.36 bits per heavy atom. The first kappa shape index (κ1) is 18.2. The van der Waals surface area contributed by atoms with Gasteiger partial charge in [-0.25, -0.2) is 0 Å². The van der Waals surface area contributed by atoms with E-state index < -0.39 is 0 Å².